The summed E-state index contributed by atoms with van der Waals surface area (Å²) in [7, 11) is 0. The molecule has 2 aliphatic heterocycles. The number of aryl methyl sites for hydroxylation is 1. The van der Waals surface area contributed by atoms with Crippen LogP contribution in [0.1, 0.15) is 43.3 Å². The molecular weight excluding hydrogens is 383 g/mol. The normalized spacial score (nSPS) is 19.7. The molecule has 3 heterocycles. The summed E-state index contributed by atoms with van der Waals surface area (Å²) in [6.07, 6.45) is -0.281. The standard InChI is InChI=1S/C15H23N3OS.C2HF3O2/c1-12-16-14(11-20-12)10-18-7-3-4-15(18)5-8-17(9-6-15)13(2)19;3-2(4,5)1(6)7/h11H,3-10H2,1-2H3;(H,6,7). The van der Waals surface area contributed by atoms with E-state index in [0.717, 1.165) is 37.5 Å². The van der Waals surface area contributed by atoms with Crippen LogP contribution in [-0.4, -0.2) is 63.1 Å². The van der Waals surface area contributed by atoms with E-state index < -0.39 is 12.1 Å². The summed E-state index contributed by atoms with van der Waals surface area (Å²) >= 11 is 1.74. The second-order valence-corrected chi connectivity index (χ2v) is 7.98. The van der Waals surface area contributed by atoms with Gasteiger partial charge in [0.2, 0.25) is 5.91 Å². The zero-order valence-corrected chi connectivity index (χ0v) is 16.2. The fourth-order valence-electron chi connectivity index (χ4n) is 3.72. The Morgan fingerprint density at radius 2 is 1.85 bits per heavy atom. The van der Waals surface area contributed by atoms with E-state index in [2.05, 4.69) is 22.2 Å². The van der Waals surface area contributed by atoms with Crippen LogP contribution in [0.4, 0.5) is 13.2 Å². The van der Waals surface area contributed by atoms with Crippen LogP contribution in [0, 0.1) is 6.92 Å². The van der Waals surface area contributed by atoms with Gasteiger partial charge in [-0.25, -0.2) is 9.78 Å². The maximum Gasteiger partial charge on any atom is 0.490 e. The topological polar surface area (TPSA) is 73.7 Å². The van der Waals surface area contributed by atoms with Gasteiger partial charge in [-0.1, -0.05) is 0 Å². The van der Waals surface area contributed by atoms with Crippen LogP contribution < -0.4 is 0 Å². The second kappa shape index (κ2) is 8.55. The van der Waals surface area contributed by atoms with Gasteiger partial charge in [-0.05, 0) is 39.2 Å². The van der Waals surface area contributed by atoms with Gasteiger partial charge in [0.05, 0.1) is 10.7 Å². The molecule has 1 aromatic rings. The van der Waals surface area contributed by atoms with Crippen LogP contribution in [0.15, 0.2) is 5.38 Å². The smallest absolute Gasteiger partial charge is 0.475 e. The number of piperidine rings is 1. The second-order valence-electron chi connectivity index (χ2n) is 6.92. The fraction of sp³-hybridized carbons (Fsp3) is 0.706. The maximum atomic E-state index is 11.5. The summed E-state index contributed by atoms with van der Waals surface area (Å²) in [5.74, 6) is -2.54. The van der Waals surface area contributed by atoms with Crippen LogP contribution in [0.5, 0.6) is 0 Å². The SMILES string of the molecule is CC(=O)N1CCC2(CCCN2Cc2csc(C)n2)CC1.O=C(O)C(F)(F)F. The molecule has 2 fully saturated rings. The van der Waals surface area contributed by atoms with Gasteiger partial charge < -0.3 is 10.0 Å². The van der Waals surface area contributed by atoms with Crippen LogP contribution >= 0.6 is 11.3 Å². The Labute approximate surface area is 160 Å². The minimum Gasteiger partial charge on any atom is -0.475 e. The molecule has 2 aliphatic rings. The Hall–Kier alpha value is -1.68. The van der Waals surface area contributed by atoms with Crippen LogP contribution in [0.2, 0.25) is 0 Å². The molecule has 10 heteroatoms. The number of carboxylic acid groups (broad SMARTS) is 1. The van der Waals surface area contributed by atoms with Gasteiger partial charge in [-0.2, -0.15) is 13.2 Å². The number of hydrogen-bond donors (Lipinski definition) is 1. The minimum absolute atomic E-state index is 0.222. The molecule has 1 spiro atoms. The van der Waals surface area contributed by atoms with Crippen molar-refractivity contribution in [3.05, 3.63) is 16.1 Å². The van der Waals surface area contributed by atoms with Gasteiger partial charge in [0.15, 0.2) is 0 Å². The molecule has 0 radical (unpaired) electrons. The Morgan fingerprint density at radius 1 is 1.26 bits per heavy atom. The molecule has 3 rings (SSSR count). The highest BCUT2D eigenvalue weighted by atomic mass is 32.1. The number of likely N-dealkylation sites (tertiary alicyclic amines) is 2. The van der Waals surface area contributed by atoms with Crippen molar-refractivity contribution in [2.75, 3.05) is 19.6 Å². The van der Waals surface area contributed by atoms with Crippen molar-refractivity contribution in [3.8, 4) is 0 Å². The summed E-state index contributed by atoms with van der Waals surface area (Å²) in [4.78, 5) is 29.6. The van der Waals surface area contributed by atoms with E-state index in [0.29, 0.717) is 5.54 Å². The van der Waals surface area contributed by atoms with Crippen molar-refractivity contribution in [3.63, 3.8) is 0 Å². The van der Waals surface area contributed by atoms with Gasteiger partial charge in [-0.3, -0.25) is 9.69 Å². The predicted octanol–water partition coefficient (Wildman–Crippen LogP) is 3.06. The number of amides is 1. The van der Waals surface area contributed by atoms with Crippen LogP contribution in [-0.2, 0) is 16.1 Å². The van der Waals surface area contributed by atoms with Gasteiger partial charge in [-0.15, -0.1) is 11.3 Å². The molecular formula is C17H24F3N3O3S. The Bertz CT molecular complexity index is 670. The number of carbonyl (C=O) groups excluding carboxylic acids is 1. The molecule has 0 saturated carbocycles. The zero-order chi connectivity index (χ0) is 20.2. The van der Waals surface area contributed by atoms with E-state index >= 15 is 0 Å². The number of nitrogens with zero attached hydrogens (tertiary/aromatic N) is 3. The number of alkyl halides is 3. The number of carboxylic acids is 1. The van der Waals surface area contributed by atoms with E-state index in [4.69, 9.17) is 9.90 Å². The summed E-state index contributed by atoms with van der Waals surface area (Å²) in [5, 5.41) is 10.5. The number of hydrogen-bond acceptors (Lipinski definition) is 5. The molecule has 0 aromatic carbocycles. The maximum absolute atomic E-state index is 11.5. The largest absolute Gasteiger partial charge is 0.490 e. The van der Waals surface area contributed by atoms with E-state index in [1.165, 1.54) is 25.1 Å². The van der Waals surface area contributed by atoms with Crippen molar-refractivity contribution < 1.29 is 27.9 Å². The fourth-order valence-corrected chi connectivity index (χ4v) is 4.33. The van der Waals surface area contributed by atoms with Gasteiger partial charge >= 0.3 is 12.1 Å². The third-order valence-electron chi connectivity index (χ3n) is 5.14. The first-order chi connectivity index (χ1) is 12.5. The number of aromatic nitrogens is 1. The molecule has 2 saturated heterocycles. The summed E-state index contributed by atoms with van der Waals surface area (Å²) < 4.78 is 31.7. The lowest BCUT2D eigenvalue weighted by molar-refractivity contribution is -0.192. The van der Waals surface area contributed by atoms with Crippen molar-refractivity contribution in [2.24, 2.45) is 0 Å². The average Bonchev–Trinajstić information content (AvgIpc) is 3.15. The van der Waals surface area contributed by atoms with Crippen molar-refractivity contribution in [1.82, 2.24) is 14.8 Å². The number of carbonyl (C=O) groups is 2. The van der Waals surface area contributed by atoms with E-state index in [-0.39, 0.29) is 5.91 Å². The minimum atomic E-state index is -5.08. The molecule has 1 amide bonds. The van der Waals surface area contributed by atoms with Crippen molar-refractivity contribution in [2.45, 2.75) is 57.8 Å². The lowest BCUT2D eigenvalue weighted by atomic mass is 9.85. The Morgan fingerprint density at radius 3 is 2.30 bits per heavy atom. The highest BCUT2D eigenvalue weighted by Crippen LogP contribution is 2.39. The van der Waals surface area contributed by atoms with Crippen molar-refractivity contribution in [1.29, 1.82) is 0 Å². The number of aliphatic carboxylic acids is 1. The first kappa shape index (κ1) is 21.6. The number of rotatable bonds is 2. The molecule has 27 heavy (non-hydrogen) atoms. The third kappa shape index (κ3) is 5.65. The lowest BCUT2D eigenvalue weighted by Crippen LogP contribution is -2.52. The quantitative estimate of drug-likeness (QED) is 0.816. The molecule has 0 aliphatic carbocycles. The summed E-state index contributed by atoms with van der Waals surface area (Å²) in [5.41, 5.74) is 1.53. The van der Waals surface area contributed by atoms with Crippen molar-refractivity contribution >= 4 is 23.2 Å². The summed E-state index contributed by atoms with van der Waals surface area (Å²) in [6, 6.07) is 0. The molecule has 152 valence electrons. The van der Waals surface area contributed by atoms with Crippen LogP contribution in [0.25, 0.3) is 0 Å². The predicted molar refractivity (Wildman–Crippen MR) is 94.4 cm³/mol. The highest BCUT2D eigenvalue weighted by Gasteiger charge is 2.43. The first-order valence-corrected chi connectivity index (χ1v) is 9.63. The molecule has 1 aromatic heterocycles. The highest BCUT2D eigenvalue weighted by molar-refractivity contribution is 7.09. The Kier molecular flexibility index (Phi) is 6.85. The molecule has 1 N–H and O–H groups in total. The molecule has 0 unspecified atom stereocenters. The molecule has 0 atom stereocenters. The number of halogens is 3. The van der Waals surface area contributed by atoms with E-state index in [9.17, 15) is 18.0 Å². The summed E-state index contributed by atoms with van der Waals surface area (Å²) in [6.45, 7) is 7.74. The van der Waals surface area contributed by atoms with Crippen LogP contribution in [0.3, 0.4) is 0 Å². The monoisotopic (exact) mass is 407 g/mol. The first-order valence-electron chi connectivity index (χ1n) is 8.75. The van der Waals surface area contributed by atoms with Gasteiger partial charge in [0, 0.05) is 37.5 Å². The lowest BCUT2D eigenvalue weighted by Gasteiger charge is -2.44. The molecule has 6 nitrogen and oxygen atoms in total. The van der Waals surface area contributed by atoms with E-state index in [1.807, 2.05) is 4.90 Å². The Balaban J connectivity index is 0.000000321. The third-order valence-corrected chi connectivity index (χ3v) is 5.96. The van der Waals surface area contributed by atoms with Gasteiger partial charge in [0.1, 0.15) is 0 Å². The zero-order valence-electron chi connectivity index (χ0n) is 15.4. The van der Waals surface area contributed by atoms with E-state index in [1.54, 1.807) is 18.3 Å². The molecule has 0 bridgehead atoms. The number of thiazole rings is 1. The average molecular weight is 407 g/mol. The van der Waals surface area contributed by atoms with Gasteiger partial charge in [0.25, 0.3) is 0 Å².